The van der Waals surface area contributed by atoms with Crippen molar-refractivity contribution in [3.05, 3.63) is 59.7 Å². The number of carbonyl (C=O) groups excluding carboxylic acids is 1. The molecule has 0 unspecified atom stereocenters. The number of amides is 1. The Morgan fingerprint density at radius 1 is 1.20 bits per heavy atom. The third-order valence-corrected chi connectivity index (χ3v) is 5.32. The largest absolute Gasteiger partial charge is 0.505 e. The zero-order valence-corrected chi connectivity index (χ0v) is 17.6. The van der Waals surface area contributed by atoms with E-state index in [4.69, 9.17) is 0 Å². The van der Waals surface area contributed by atoms with Crippen LogP contribution in [0.15, 0.2) is 57.9 Å². The molecule has 0 bridgehead atoms. The van der Waals surface area contributed by atoms with Gasteiger partial charge in [0.1, 0.15) is 0 Å². The maximum absolute atomic E-state index is 12.2. The number of amidine groups is 2. The Hall–Kier alpha value is -3.40. The minimum absolute atomic E-state index is 0.0365. The van der Waals surface area contributed by atoms with E-state index in [0.717, 1.165) is 5.56 Å². The zero-order valence-electron chi connectivity index (χ0n) is 16.8. The van der Waals surface area contributed by atoms with Gasteiger partial charge in [-0.3, -0.25) is 9.79 Å². The van der Waals surface area contributed by atoms with Crippen LogP contribution in [0, 0.1) is 0 Å². The molecule has 1 heterocycles. The van der Waals surface area contributed by atoms with Crippen LogP contribution in [0.4, 0.5) is 5.69 Å². The molecular weight excluding hydrogens is 406 g/mol. The van der Waals surface area contributed by atoms with Gasteiger partial charge in [-0.15, -0.1) is 4.40 Å². The Labute approximate surface area is 175 Å². The molecule has 30 heavy (non-hydrogen) atoms. The van der Waals surface area contributed by atoms with Crippen LogP contribution >= 0.6 is 0 Å². The van der Waals surface area contributed by atoms with Gasteiger partial charge >= 0.3 is 10.2 Å². The van der Waals surface area contributed by atoms with E-state index in [9.17, 15) is 18.3 Å². The van der Waals surface area contributed by atoms with Crippen LogP contribution in [0.3, 0.4) is 0 Å². The third kappa shape index (κ3) is 4.60. The SMILES string of the molecule is CC[C@H](N=C1NS(=O)(=O)N=C1Nc1cccc(C(=O)N(C)C)c1O)c1ccccc1. The fraction of sp³-hybridized carbons (Fsp3) is 0.250. The van der Waals surface area contributed by atoms with Gasteiger partial charge in [-0.05, 0) is 24.1 Å². The second-order valence-corrected chi connectivity index (χ2v) is 8.19. The van der Waals surface area contributed by atoms with Crippen molar-refractivity contribution >= 4 is 33.5 Å². The summed E-state index contributed by atoms with van der Waals surface area (Å²) in [5.74, 6) is -0.722. The summed E-state index contributed by atoms with van der Waals surface area (Å²) in [6, 6.07) is 13.8. The fourth-order valence-corrected chi connectivity index (χ4v) is 3.76. The van der Waals surface area contributed by atoms with Crippen LogP contribution in [0.5, 0.6) is 5.75 Å². The summed E-state index contributed by atoms with van der Waals surface area (Å²) < 4.78 is 30.1. The van der Waals surface area contributed by atoms with Crippen molar-refractivity contribution in [2.45, 2.75) is 19.4 Å². The number of hydrogen-bond donors (Lipinski definition) is 3. The lowest BCUT2D eigenvalue weighted by Gasteiger charge is -2.15. The second kappa shape index (κ2) is 8.54. The first-order valence-electron chi connectivity index (χ1n) is 9.28. The smallest absolute Gasteiger partial charge is 0.345 e. The first kappa shape index (κ1) is 21.3. The lowest BCUT2D eigenvalue weighted by atomic mass is 10.1. The second-order valence-electron chi connectivity index (χ2n) is 6.86. The van der Waals surface area contributed by atoms with Gasteiger partial charge in [-0.1, -0.05) is 43.3 Å². The number of hydrogen-bond acceptors (Lipinski definition) is 6. The maximum atomic E-state index is 12.2. The lowest BCUT2D eigenvalue weighted by molar-refractivity contribution is 0.0824. The van der Waals surface area contributed by atoms with Gasteiger partial charge in [-0.2, -0.15) is 8.42 Å². The van der Waals surface area contributed by atoms with E-state index in [1.807, 2.05) is 37.3 Å². The Balaban J connectivity index is 1.96. The number of nitrogens with zero attached hydrogens (tertiary/aromatic N) is 3. The average Bonchev–Trinajstić information content (AvgIpc) is 3.00. The van der Waals surface area contributed by atoms with E-state index in [2.05, 4.69) is 19.4 Å². The molecule has 0 radical (unpaired) electrons. The molecule has 1 aliphatic heterocycles. The summed E-state index contributed by atoms with van der Waals surface area (Å²) in [5, 5.41) is 13.3. The van der Waals surface area contributed by atoms with Crippen LogP contribution in [0.25, 0.3) is 0 Å². The van der Waals surface area contributed by atoms with Gasteiger partial charge in [0.05, 0.1) is 17.3 Å². The number of para-hydroxylation sites is 1. The number of nitrogens with one attached hydrogen (secondary N) is 2. The van der Waals surface area contributed by atoms with Crippen LogP contribution < -0.4 is 10.0 Å². The molecule has 10 heteroatoms. The number of aromatic hydroxyl groups is 1. The first-order valence-corrected chi connectivity index (χ1v) is 10.7. The van der Waals surface area contributed by atoms with Crippen molar-refractivity contribution in [3.63, 3.8) is 0 Å². The molecule has 3 rings (SSSR count). The zero-order chi connectivity index (χ0) is 21.9. The molecule has 0 aromatic heterocycles. The molecule has 0 spiro atoms. The number of rotatable bonds is 5. The molecule has 9 nitrogen and oxygen atoms in total. The Morgan fingerprint density at radius 3 is 2.53 bits per heavy atom. The summed E-state index contributed by atoms with van der Waals surface area (Å²) in [4.78, 5) is 18.1. The number of anilines is 1. The summed E-state index contributed by atoms with van der Waals surface area (Å²) in [7, 11) is -0.829. The summed E-state index contributed by atoms with van der Waals surface area (Å²) in [6.07, 6.45) is 0.639. The number of phenols is 1. The quantitative estimate of drug-likeness (QED) is 0.629. The van der Waals surface area contributed by atoms with Crippen molar-refractivity contribution in [1.29, 1.82) is 0 Å². The van der Waals surface area contributed by atoms with Crippen LogP contribution in [0.1, 0.15) is 35.3 Å². The molecule has 1 aliphatic rings. The van der Waals surface area contributed by atoms with Crippen molar-refractivity contribution in [2.75, 3.05) is 19.4 Å². The van der Waals surface area contributed by atoms with Crippen LogP contribution in [0.2, 0.25) is 0 Å². The molecule has 2 aromatic carbocycles. The molecular formula is C20H23N5O4S. The van der Waals surface area contributed by atoms with E-state index >= 15 is 0 Å². The Morgan fingerprint density at radius 2 is 1.90 bits per heavy atom. The van der Waals surface area contributed by atoms with Crippen LogP contribution in [-0.4, -0.2) is 50.1 Å². The highest BCUT2D eigenvalue weighted by Gasteiger charge is 2.28. The van der Waals surface area contributed by atoms with E-state index in [0.29, 0.717) is 6.42 Å². The predicted octanol–water partition coefficient (Wildman–Crippen LogP) is 2.30. The van der Waals surface area contributed by atoms with E-state index in [-0.39, 0.29) is 40.6 Å². The molecule has 0 saturated carbocycles. The number of benzene rings is 2. The fourth-order valence-electron chi connectivity index (χ4n) is 2.94. The third-order valence-electron chi connectivity index (χ3n) is 4.44. The highest BCUT2D eigenvalue weighted by atomic mass is 32.2. The van der Waals surface area contributed by atoms with Crippen LogP contribution in [-0.2, 0) is 10.2 Å². The highest BCUT2D eigenvalue weighted by molar-refractivity contribution is 7.89. The summed E-state index contributed by atoms with van der Waals surface area (Å²) in [5.41, 5.74) is 1.15. The molecule has 2 aromatic rings. The normalized spacial score (nSPS) is 17.2. The maximum Gasteiger partial charge on any atom is 0.345 e. The molecule has 1 amide bonds. The van der Waals surface area contributed by atoms with E-state index in [1.165, 1.54) is 17.0 Å². The van der Waals surface area contributed by atoms with E-state index < -0.39 is 10.2 Å². The summed E-state index contributed by atoms with van der Waals surface area (Å²) in [6.45, 7) is 1.94. The molecule has 0 saturated heterocycles. The minimum Gasteiger partial charge on any atom is -0.505 e. The molecule has 1 atom stereocenters. The van der Waals surface area contributed by atoms with Gasteiger partial charge in [-0.25, -0.2) is 4.72 Å². The lowest BCUT2D eigenvalue weighted by Crippen LogP contribution is -2.31. The van der Waals surface area contributed by atoms with Gasteiger partial charge in [0.15, 0.2) is 17.4 Å². The molecule has 3 N–H and O–H groups in total. The van der Waals surface area contributed by atoms with Gasteiger partial charge in [0.2, 0.25) is 0 Å². The number of aliphatic imine (C=N–C) groups is 1. The summed E-state index contributed by atoms with van der Waals surface area (Å²) >= 11 is 0. The van der Waals surface area contributed by atoms with Gasteiger partial charge in [0, 0.05) is 14.1 Å². The first-order chi connectivity index (χ1) is 14.2. The Kier molecular flexibility index (Phi) is 6.06. The molecule has 158 valence electrons. The molecule has 0 aliphatic carbocycles. The van der Waals surface area contributed by atoms with E-state index in [1.54, 1.807) is 20.2 Å². The van der Waals surface area contributed by atoms with Crippen molar-refractivity contribution < 1.29 is 18.3 Å². The monoisotopic (exact) mass is 429 g/mol. The van der Waals surface area contributed by atoms with Crippen molar-refractivity contribution in [1.82, 2.24) is 9.62 Å². The van der Waals surface area contributed by atoms with Gasteiger partial charge in [0.25, 0.3) is 5.91 Å². The standard InChI is InChI=1S/C20H23N5O4S/c1-4-15(13-9-6-5-7-10-13)21-18-19(24-30(28,29)23-18)22-16-12-8-11-14(17(16)26)20(27)25(2)3/h5-12,15,26H,4H2,1-3H3,(H,21,23)(H,22,24)/t15-/m0/s1. The van der Waals surface area contributed by atoms with Crippen molar-refractivity contribution in [2.24, 2.45) is 9.39 Å². The van der Waals surface area contributed by atoms with Gasteiger partial charge < -0.3 is 15.3 Å². The topological polar surface area (TPSA) is 123 Å². The molecule has 0 fully saturated rings. The minimum atomic E-state index is -3.97. The Bertz CT molecular complexity index is 1110. The number of phenolic OH excluding ortho intramolecular Hbond substituents is 1. The predicted molar refractivity (Wildman–Crippen MR) is 116 cm³/mol. The highest BCUT2D eigenvalue weighted by Crippen LogP contribution is 2.29. The number of carbonyl (C=O) groups is 1. The average molecular weight is 430 g/mol. The van der Waals surface area contributed by atoms with Crippen molar-refractivity contribution in [3.8, 4) is 5.75 Å².